The first-order chi connectivity index (χ1) is 11.7. The molecule has 1 atom stereocenters. The highest BCUT2D eigenvalue weighted by Gasteiger charge is 2.29. The molecule has 1 unspecified atom stereocenters. The molecule has 3 rings (SSSR count). The Kier molecular flexibility index (Phi) is 5.48. The van der Waals surface area contributed by atoms with Crippen molar-refractivity contribution in [2.75, 3.05) is 33.2 Å². The van der Waals surface area contributed by atoms with Crippen LogP contribution in [-0.2, 0) is 6.54 Å². The third-order valence-corrected chi connectivity index (χ3v) is 4.43. The van der Waals surface area contributed by atoms with Gasteiger partial charge in [0, 0.05) is 45.1 Å². The Bertz CT molecular complexity index is 628. The number of nitrogens with one attached hydrogen (secondary N) is 1. The standard InChI is InChI=1S/C18H25N5O/c1-21-13-14-23(17(15-21)16-7-3-2-4-8-16)18(24)19-9-5-11-22-12-6-10-20-22/h2-4,6-8,10,12,17H,5,9,11,13-15H2,1H3,(H,19,24). The van der Waals surface area contributed by atoms with E-state index < -0.39 is 0 Å². The number of carbonyl (C=O) groups excluding carboxylic acids is 1. The number of benzene rings is 1. The van der Waals surface area contributed by atoms with Gasteiger partial charge in [0.1, 0.15) is 0 Å². The van der Waals surface area contributed by atoms with Crippen LogP contribution in [0.2, 0.25) is 0 Å². The van der Waals surface area contributed by atoms with Crippen LogP contribution < -0.4 is 5.32 Å². The number of piperazine rings is 1. The summed E-state index contributed by atoms with van der Waals surface area (Å²) in [5, 5.41) is 7.23. The van der Waals surface area contributed by atoms with E-state index >= 15 is 0 Å². The maximum absolute atomic E-state index is 12.6. The molecule has 2 heterocycles. The van der Waals surface area contributed by atoms with Gasteiger partial charge < -0.3 is 15.1 Å². The molecular weight excluding hydrogens is 302 g/mol. The van der Waals surface area contributed by atoms with Gasteiger partial charge in [0.25, 0.3) is 0 Å². The number of nitrogens with zero attached hydrogens (tertiary/aromatic N) is 4. The molecule has 1 aromatic carbocycles. The summed E-state index contributed by atoms with van der Waals surface area (Å²) in [7, 11) is 2.11. The second kappa shape index (κ2) is 7.97. The zero-order valence-corrected chi connectivity index (χ0v) is 14.1. The molecule has 1 aliphatic heterocycles. The largest absolute Gasteiger partial charge is 0.338 e. The van der Waals surface area contributed by atoms with E-state index in [0.717, 1.165) is 32.6 Å². The fourth-order valence-electron chi connectivity index (χ4n) is 3.09. The summed E-state index contributed by atoms with van der Waals surface area (Å²) in [4.78, 5) is 16.9. The van der Waals surface area contributed by atoms with Crippen LogP contribution in [0.4, 0.5) is 4.79 Å². The quantitative estimate of drug-likeness (QED) is 0.854. The van der Waals surface area contributed by atoms with Gasteiger partial charge in [0.2, 0.25) is 0 Å². The monoisotopic (exact) mass is 327 g/mol. The van der Waals surface area contributed by atoms with Crippen LogP contribution in [0.3, 0.4) is 0 Å². The Labute approximate surface area is 143 Å². The minimum absolute atomic E-state index is 0.0254. The van der Waals surface area contributed by atoms with E-state index in [9.17, 15) is 4.79 Å². The van der Waals surface area contributed by atoms with Crippen molar-refractivity contribution in [1.82, 2.24) is 24.9 Å². The molecule has 1 saturated heterocycles. The van der Waals surface area contributed by atoms with Gasteiger partial charge in [0.15, 0.2) is 0 Å². The molecule has 0 spiro atoms. The van der Waals surface area contributed by atoms with Crippen molar-refractivity contribution < 1.29 is 4.79 Å². The van der Waals surface area contributed by atoms with Crippen LogP contribution in [0.15, 0.2) is 48.8 Å². The van der Waals surface area contributed by atoms with Crippen molar-refractivity contribution in [3.8, 4) is 0 Å². The van der Waals surface area contributed by atoms with Crippen molar-refractivity contribution in [3.05, 3.63) is 54.4 Å². The lowest BCUT2D eigenvalue weighted by molar-refractivity contribution is 0.109. The molecule has 24 heavy (non-hydrogen) atoms. The highest BCUT2D eigenvalue weighted by atomic mass is 16.2. The number of carbonyl (C=O) groups is 1. The summed E-state index contributed by atoms with van der Waals surface area (Å²) in [5.41, 5.74) is 1.19. The minimum Gasteiger partial charge on any atom is -0.338 e. The summed E-state index contributed by atoms with van der Waals surface area (Å²) in [6, 6.07) is 12.3. The molecular formula is C18H25N5O. The van der Waals surface area contributed by atoms with E-state index in [1.165, 1.54) is 5.56 Å². The second-order valence-electron chi connectivity index (χ2n) is 6.24. The van der Waals surface area contributed by atoms with Crippen LogP contribution in [0, 0.1) is 0 Å². The first-order valence-corrected chi connectivity index (χ1v) is 8.49. The van der Waals surface area contributed by atoms with Gasteiger partial charge in [-0.15, -0.1) is 0 Å². The SMILES string of the molecule is CN1CCN(C(=O)NCCCn2cccn2)C(c2ccccc2)C1. The summed E-state index contributed by atoms with van der Waals surface area (Å²) in [6.45, 7) is 4.00. The van der Waals surface area contributed by atoms with Crippen LogP contribution >= 0.6 is 0 Å². The van der Waals surface area contributed by atoms with E-state index in [2.05, 4.69) is 34.5 Å². The van der Waals surface area contributed by atoms with Gasteiger partial charge in [-0.3, -0.25) is 4.68 Å². The lowest BCUT2D eigenvalue weighted by atomic mass is 10.0. The molecule has 6 nitrogen and oxygen atoms in total. The average Bonchev–Trinajstić information content (AvgIpc) is 3.12. The molecule has 0 radical (unpaired) electrons. The first kappa shape index (κ1) is 16.5. The fraction of sp³-hybridized carbons (Fsp3) is 0.444. The molecule has 0 aliphatic carbocycles. The van der Waals surface area contributed by atoms with Crippen LogP contribution in [-0.4, -0.2) is 58.8 Å². The van der Waals surface area contributed by atoms with Crippen molar-refractivity contribution in [1.29, 1.82) is 0 Å². The van der Waals surface area contributed by atoms with Crippen molar-refractivity contribution >= 4 is 6.03 Å². The normalized spacial score (nSPS) is 18.5. The van der Waals surface area contributed by atoms with E-state index in [4.69, 9.17) is 0 Å². The van der Waals surface area contributed by atoms with Crippen LogP contribution in [0.5, 0.6) is 0 Å². The second-order valence-corrected chi connectivity index (χ2v) is 6.24. The maximum atomic E-state index is 12.6. The summed E-state index contributed by atoms with van der Waals surface area (Å²) < 4.78 is 1.88. The number of amides is 2. The number of hydrogen-bond acceptors (Lipinski definition) is 3. The smallest absolute Gasteiger partial charge is 0.318 e. The van der Waals surface area contributed by atoms with E-state index in [0.29, 0.717) is 6.54 Å². The number of likely N-dealkylation sites (N-methyl/N-ethyl adjacent to an activating group) is 1. The zero-order valence-electron chi connectivity index (χ0n) is 14.1. The van der Waals surface area contributed by atoms with Gasteiger partial charge >= 0.3 is 6.03 Å². The maximum Gasteiger partial charge on any atom is 0.318 e. The first-order valence-electron chi connectivity index (χ1n) is 8.49. The molecule has 0 saturated carbocycles. The Balaban J connectivity index is 1.55. The predicted octanol–water partition coefficient (Wildman–Crippen LogP) is 1.97. The molecule has 0 bridgehead atoms. The fourth-order valence-corrected chi connectivity index (χ4v) is 3.09. The summed E-state index contributed by atoms with van der Waals surface area (Å²) in [5.74, 6) is 0. The highest BCUT2D eigenvalue weighted by Crippen LogP contribution is 2.24. The zero-order chi connectivity index (χ0) is 16.8. The number of urea groups is 1. The third-order valence-electron chi connectivity index (χ3n) is 4.43. The summed E-state index contributed by atoms with van der Waals surface area (Å²) >= 11 is 0. The van der Waals surface area contributed by atoms with Crippen molar-refractivity contribution in [2.24, 2.45) is 0 Å². The minimum atomic E-state index is 0.0254. The number of rotatable bonds is 5. The van der Waals surface area contributed by atoms with Gasteiger partial charge in [0.05, 0.1) is 6.04 Å². The van der Waals surface area contributed by atoms with E-state index in [-0.39, 0.29) is 12.1 Å². The van der Waals surface area contributed by atoms with Crippen molar-refractivity contribution in [2.45, 2.75) is 19.0 Å². The molecule has 128 valence electrons. The molecule has 6 heteroatoms. The Morgan fingerprint density at radius 2 is 2.08 bits per heavy atom. The Morgan fingerprint density at radius 1 is 1.25 bits per heavy atom. The Morgan fingerprint density at radius 3 is 2.83 bits per heavy atom. The summed E-state index contributed by atoms with van der Waals surface area (Å²) in [6.07, 6.45) is 4.58. The number of hydrogen-bond donors (Lipinski definition) is 1. The number of aryl methyl sites for hydroxylation is 1. The molecule has 2 aromatic rings. The van der Waals surface area contributed by atoms with Gasteiger partial charge in [-0.1, -0.05) is 30.3 Å². The van der Waals surface area contributed by atoms with Crippen LogP contribution in [0.1, 0.15) is 18.0 Å². The highest BCUT2D eigenvalue weighted by molar-refractivity contribution is 5.75. The predicted molar refractivity (Wildman–Crippen MR) is 93.6 cm³/mol. The van der Waals surface area contributed by atoms with Gasteiger partial charge in [-0.25, -0.2) is 4.79 Å². The third kappa shape index (κ3) is 4.14. The topological polar surface area (TPSA) is 53.4 Å². The lowest BCUT2D eigenvalue weighted by Gasteiger charge is -2.40. The lowest BCUT2D eigenvalue weighted by Crippen LogP contribution is -2.52. The number of aromatic nitrogens is 2. The molecule has 2 amide bonds. The average molecular weight is 327 g/mol. The molecule has 1 N–H and O–H groups in total. The Hall–Kier alpha value is -2.34. The van der Waals surface area contributed by atoms with Crippen molar-refractivity contribution in [3.63, 3.8) is 0 Å². The van der Waals surface area contributed by atoms with Crippen LogP contribution in [0.25, 0.3) is 0 Å². The van der Waals surface area contributed by atoms with Gasteiger partial charge in [-0.2, -0.15) is 5.10 Å². The molecule has 1 aliphatic rings. The van der Waals surface area contributed by atoms with E-state index in [1.54, 1.807) is 6.20 Å². The molecule has 1 fully saturated rings. The van der Waals surface area contributed by atoms with Gasteiger partial charge in [-0.05, 0) is 25.1 Å². The van der Waals surface area contributed by atoms with E-state index in [1.807, 2.05) is 40.0 Å². The molecule has 1 aromatic heterocycles.